The van der Waals surface area contributed by atoms with E-state index in [9.17, 15) is 9.59 Å². The van der Waals surface area contributed by atoms with E-state index >= 15 is 0 Å². The Labute approximate surface area is 112 Å². The smallest absolute Gasteiger partial charge is 0.329 e. The van der Waals surface area contributed by atoms with Gasteiger partial charge in [0.1, 0.15) is 12.6 Å². The molecule has 1 fully saturated rings. The first-order valence-corrected chi connectivity index (χ1v) is 6.18. The monoisotopic (exact) mass is 263 g/mol. The topological polar surface area (TPSA) is 55.8 Å². The third-order valence-corrected chi connectivity index (χ3v) is 3.04. The van der Waals surface area contributed by atoms with Crippen LogP contribution in [0.5, 0.6) is 0 Å². The summed E-state index contributed by atoms with van der Waals surface area (Å²) in [6, 6.07) is 6.93. The summed E-state index contributed by atoms with van der Waals surface area (Å²) in [5.74, 6) is -0.595. The first-order chi connectivity index (χ1) is 9.13. The van der Waals surface area contributed by atoms with Gasteiger partial charge in [0.25, 0.3) is 5.91 Å². The Bertz CT molecular complexity index is 486. The van der Waals surface area contributed by atoms with E-state index in [1.165, 1.54) is 12.0 Å². The molecule has 1 aromatic carbocycles. The number of carbonyl (C=O) groups excluding carboxylic acids is 2. The van der Waals surface area contributed by atoms with E-state index in [1.807, 2.05) is 31.2 Å². The molecule has 1 amide bonds. The minimum Gasteiger partial charge on any atom is -0.464 e. The van der Waals surface area contributed by atoms with Crippen molar-refractivity contribution < 1.29 is 19.1 Å². The normalized spacial score (nSPS) is 18.2. The van der Waals surface area contributed by atoms with E-state index in [0.29, 0.717) is 18.7 Å². The van der Waals surface area contributed by atoms with Crippen LogP contribution in [0.1, 0.15) is 12.0 Å². The van der Waals surface area contributed by atoms with Crippen molar-refractivity contribution >= 4 is 17.6 Å². The SMILES string of the molecule is COCC(=O)N(c1cccc(C)c1)C1CCOC1=O. The van der Waals surface area contributed by atoms with Crippen molar-refractivity contribution in [1.29, 1.82) is 0 Å². The molecule has 102 valence electrons. The summed E-state index contributed by atoms with van der Waals surface area (Å²) in [6.07, 6.45) is 0.516. The summed E-state index contributed by atoms with van der Waals surface area (Å²) in [5.41, 5.74) is 1.73. The Morgan fingerprint density at radius 1 is 1.53 bits per heavy atom. The highest BCUT2D eigenvalue weighted by Gasteiger charge is 2.36. The largest absolute Gasteiger partial charge is 0.464 e. The molecular weight excluding hydrogens is 246 g/mol. The van der Waals surface area contributed by atoms with E-state index in [-0.39, 0.29) is 18.5 Å². The summed E-state index contributed by atoms with van der Waals surface area (Å²) >= 11 is 0. The molecule has 1 unspecified atom stereocenters. The van der Waals surface area contributed by atoms with Gasteiger partial charge in [-0.1, -0.05) is 12.1 Å². The number of aryl methyl sites for hydroxylation is 1. The minimum atomic E-state index is -0.551. The van der Waals surface area contributed by atoms with Crippen molar-refractivity contribution in [2.75, 3.05) is 25.2 Å². The number of amides is 1. The van der Waals surface area contributed by atoms with Gasteiger partial charge in [-0.2, -0.15) is 0 Å². The van der Waals surface area contributed by atoms with E-state index < -0.39 is 6.04 Å². The fourth-order valence-corrected chi connectivity index (χ4v) is 2.19. The highest BCUT2D eigenvalue weighted by molar-refractivity contribution is 6.00. The number of benzene rings is 1. The van der Waals surface area contributed by atoms with Gasteiger partial charge >= 0.3 is 5.97 Å². The Morgan fingerprint density at radius 2 is 2.32 bits per heavy atom. The van der Waals surface area contributed by atoms with Gasteiger partial charge in [-0.3, -0.25) is 9.69 Å². The van der Waals surface area contributed by atoms with Crippen LogP contribution in [0, 0.1) is 6.92 Å². The van der Waals surface area contributed by atoms with Crippen LogP contribution in [-0.4, -0.2) is 38.2 Å². The number of hydrogen-bond donors (Lipinski definition) is 0. The van der Waals surface area contributed by atoms with Gasteiger partial charge in [-0.15, -0.1) is 0 Å². The minimum absolute atomic E-state index is 0.0578. The van der Waals surface area contributed by atoms with E-state index in [2.05, 4.69) is 0 Å². The number of rotatable bonds is 4. The van der Waals surface area contributed by atoms with E-state index in [1.54, 1.807) is 0 Å². The molecule has 0 spiro atoms. The number of methoxy groups -OCH3 is 1. The summed E-state index contributed by atoms with van der Waals surface area (Å²) in [6.45, 7) is 2.24. The summed E-state index contributed by atoms with van der Waals surface area (Å²) < 4.78 is 9.84. The molecule has 1 atom stereocenters. The molecule has 0 saturated carbocycles. The molecule has 1 aromatic rings. The van der Waals surface area contributed by atoms with Gasteiger partial charge < -0.3 is 9.47 Å². The number of esters is 1. The second-order valence-corrected chi connectivity index (χ2v) is 4.51. The lowest BCUT2D eigenvalue weighted by atomic mass is 10.1. The van der Waals surface area contributed by atoms with Crippen molar-refractivity contribution in [3.63, 3.8) is 0 Å². The molecule has 0 N–H and O–H groups in total. The highest BCUT2D eigenvalue weighted by atomic mass is 16.5. The maximum absolute atomic E-state index is 12.2. The van der Waals surface area contributed by atoms with Crippen molar-refractivity contribution in [3.8, 4) is 0 Å². The van der Waals surface area contributed by atoms with Gasteiger partial charge in [-0.25, -0.2) is 4.79 Å². The quantitative estimate of drug-likeness (QED) is 0.768. The number of ether oxygens (including phenoxy) is 2. The molecule has 1 aliphatic rings. The number of carbonyl (C=O) groups is 2. The first kappa shape index (κ1) is 13.5. The standard InChI is InChI=1S/C14H17NO4/c1-10-4-3-5-11(8-10)15(13(16)9-18-2)12-6-7-19-14(12)17/h3-5,8,12H,6-7,9H2,1-2H3. The van der Waals surface area contributed by atoms with Crippen molar-refractivity contribution in [1.82, 2.24) is 0 Å². The molecule has 19 heavy (non-hydrogen) atoms. The highest BCUT2D eigenvalue weighted by Crippen LogP contribution is 2.24. The van der Waals surface area contributed by atoms with Crippen molar-refractivity contribution in [2.45, 2.75) is 19.4 Å². The molecule has 5 nitrogen and oxygen atoms in total. The zero-order valence-electron chi connectivity index (χ0n) is 11.1. The van der Waals surface area contributed by atoms with E-state index in [4.69, 9.17) is 9.47 Å². The summed E-state index contributed by atoms with van der Waals surface area (Å²) in [4.78, 5) is 25.4. The van der Waals surface area contributed by atoms with Crippen LogP contribution in [0.2, 0.25) is 0 Å². The first-order valence-electron chi connectivity index (χ1n) is 6.18. The van der Waals surface area contributed by atoms with Crippen LogP contribution in [0.3, 0.4) is 0 Å². The Morgan fingerprint density at radius 3 is 2.89 bits per heavy atom. The van der Waals surface area contributed by atoms with E-state index in [0.717, 1.165) is 5.56 Å². The summed E-state index contributed by atoms with van der Waals surface area (Å²) in [7, 11) is 1.46. The average Bonchev–Trinajstić information content (AvgIpc) is 2.77. The van der Waals surface area contributed by atoms with Gasteiger partial charge in [0, 0.05) is 19.2 Å². The molecule has 5 heteroatoms. The third kappa shape index (κ3) is 2.93. The number of anilines is 1. The van der Waals surface area contributed by atoms with Crippen LogP contribution in [0.4, 0.5) is 5.69 Å². The summed E-state index contributed by atoms with van der Waals surface area (Å²) in [5, 5.41) is 0. The fraction of sp³-hybridized carbons (Fsp3) is 0.429. The lowest BCUT2D eigenvalue weighted by molar-refractivity contribution is -0.140. The van der Waals surface area contributed by atoms with Crippen LogP contribution in [0.15, 0.2) is 24.3 Å². The molecule has 0 aromatic heterocycles. The molecule has 1 aliphatic heterocycles. The van der Waals surface area contributed by atoms with Crippen molar-refractivity contribution in [2.24, 2.45) is 0 Å². The Kier molecular flexibility index (Phi) is 4.16. The third-order valence-electron chi connectivity index (χ3n) is 3.04. The average molecular weight is 263 g/mol. The van der Waals surface area contributed by atoms with Gasteiger partial charge in [-0.05, 0) is 24.6 Å². The molecule has 0 bridgehead atoms. The molecule has 1 saturated heterocycles. The Balaban J connectivity index is 2.33. The Hall–Kier alpha value is -1.88. The van der Waals surface area contributed by atoms with Crippen molar-refractivity contribution in [3.05, 3.63) is 29.8 Å². The van der Waals surface area contributed by atoms with Gasteiger partial charge in [0.15, 0.2) is 0 Å². The second kappa shape index (κ2) is 5.84. The maximum atomic E-state index is 12.2. The van der Waals surface area contributed by atoms with Crippen LogP contribution in [0.25, 0.3) is 0 Å². The van der Waals surface area contributed by atoms with Crippen LogP contribution < -0.4 is 4.90 Å². The fourth-order valence-electron chi connectivity index (χ4n) is 2.19. The molecule has 0 aliphatic carbocycles. The predicted molar refractivity (Wildman–Crippen MR) is 69.9 cm³/mol. The molecule has 1 heterocycles. The van der Waals surface area contributed by atoms with Crippen LogP contribution >= 0.6 is 0 Å². The van der Waals surface area contributed by atoms with Crippen LogP contribution in [-0.2, 0) is 19.1 Å². The predicted octanol–water partition coefficient (Wildman–Crippen LogP) is 1.29. The lowest BCUT2D eigenvalue weighted by Gasteiger charge is -2.26. The molecule has 0 radical (unpaired) electrons. The van der Waals surface area contributed by atoms with Gasteiger partial charge in [0.2, 0.25) is 0 Å². The number of hydrogen-bond acceptors (Lipinski definition) is 4. The zero-order valence-corrected chi connectivity index (χ0v) is 11.1. The molecular formula is C14H17NO4. The lowest BCUT2D eigenvalue weighted by Crippen LogP contribution is -2.45. The number of cyclic esters (lactones) is 1. The number of nitrogens with zero attached hydrogens (tertiary/aromatic N) is 1. The maximum Gasteiger partial charge on any atom is 0.329 e. The molecule has 2 rings (SSSR count). The van der Waals surface area contributed by atoms with Gasteiger partial charge in [0.05, 0.1) is 6.61 Å². The second-order valence-electron chi connectivity index (χ2n) is 4.51. The zero-order chi connectivity index (χ0) is 13.8.